The number of carbonyl (C=O) groups excluding carboxylic acids is 2. The second-order valence-electron chi connectivity index (χ2n) is 5.23. The summed E-state index contributed by atoms with van der Waals surface area (Å²) in [5.41, 5.74) is 2.19. The first-order valence-electron chi connectivity index (χ1n) is 7.36. The van der Waals surface area contributed by atoms with Gasteiger partial charge in [0, 0.05) is 24.7 Å². The second-order valence-corrected chi connectivity index (χ2v) is 5.64. The number of hydrogen-bond acceptors (Lipinski definition) is 3. The summed E-state index contributed by atoms with van der Waals surface area (Å²) in [4.78, 5) is 25.1. The zero-order chi connectivity index (χ0) is 17.5. The van der Waals surface area contributed by atoms with E-state index in [-0.39, 0.29) is 11.9 Å². The van der Waals surface area contributed by atoms with E-state index in [4.69, 9.17) is 11.6 Å². The van der Waals surface area contributed by atoms with E-state index in [9.17, 15) is 9.59 Å². The van der Waals surface area contributed by atoms with Crippen molar-refractivity contribution < 1.29 is 14.3 Å². The van der Waals surface area contributed by atoms with Gasteiger partial charge in [-0.05, 0) is 35.4 Å². The van der Waals surface area contributed by atoms with Crippen LogP contribution in [-0.2, 0) is 16.1 Å². The zero-order valence-corrected chi connectivity index (χ0v) is 14.3. The summed E-state index contributed by atoms with van der Waals surface area (Å²) >= 11 is 6.10. The Bertz CT molecular complexity index is 753. The van der Waals surface area contributed by atoms with E-state index in [1.54, 1.807) is 48.4 Å². The van der Waals surface area contributed by atoms with Gasteiger partial charge >= 0.3 is 5.97 Å². The Balaban J connectivity index is 1.99. The van der Waals surface area contributed by atoms with Crippen LogP contribution >= 0.6 is 11.6 Å². The van der Waals surface area contributed by atoms with Gasteiger partial charge in [-0.25, -0.2) is 4.79 Å². The van der Waals surface area contributed by atoms with Crippen molar-refractivity contribution in [3.8, 4) is 0 Å². The van der Waals surface area contributed by atoms with Gasteiger partial charge in [0.05, 0.1) is 12.7 Å². The van der Waals surface area contributed by atoms with E-state index in [1.807, 2.05) is 18.2 Å². The van der Waals surface area contributed by atoms with Crippen LogP contribution in [0, 0.1) is 0 Å². The highest BCUT2D eigenvalue weighted by Crippen LogP contribution is 2.16. The quantitative estimate of drug-likeness (QED) is 0.613. The van der Waals surface area contributed by atoms with Crippen molar-refractivity contribution in [3.05, 3.63) is 76.3 Å². The van der Waals surface area contributed by atoms with E-state index in [1.165, 1.54) is 13.2 Å². The number of likely N-dealkylation sites (N-methyl/N-ethyl adjacent to an activating group) is 1. The topological polar surface area (TPSA) is 46.6 Å². The van der Waals surface area contributed by atoms with Crippen molar-refractivity contribution in [2.75, 3.05) is 14.2 Å². The first-order chi connectivity index (χ1) is 11.5. The molecular formula is C19H18ClNO3. The summed E-state index contributed by atoms with van der Waals surface area (Å²) in [6.07, 6.45) is 3.19. The molecule has 24 heavy (non-hydrogen) atoms. The Kier molecular flexibility index (Phi) is 6.15. The molecule has 0 aliphatic carbocycles. The molecule has 124 valence electrons. The Morgan fingerprint density at radius 2 is 1.79 bits per heavy atom. The molecule has 0 N–H and O–H groups in total. The molecule has 2 rings (SSSR count). The molecule has 0 radical (unpaired) electrons. The van der Waals surface area contributed by atoms with E-state index in [0.29, 0.717) is 17.1 Å². The Labute approximate surface area is 146 Å². The first kappa shape index (κ1) is 17.8. The van der Waals surface area contributed by atoms with Crippen LogP contribution in [0.4, 0.5) is 0 Å². The minimum Gasteiger partial charge on any atom is -0.465 e. The third kappa shape index (κ3) is 4.70. The standard InChI is InChI=1S/C19H18ClNO3/c1-21(13-16-5-3-4-6-17(16)20)18(22)12-9-14-7-10-15(11-8-14)19(23)24-2/h3-12H,13H2,1-2H3/b12-9+. The molecule has 0 bridgehead atoms. The molecule has 0 saturated carbocycles. The van der Waals surface area contributed by atoms with Gasteiger partial charge in [0.25, 0.3) is 0 Å². The van der Waals surface area contributed by atoms with Crippen LogP contribution < -0.4 is 0 Å². The van der Waals surface area contributed by atoms with E-state index >= 15 is 0 Å². The van der Waals surface area contributed by atoms with Crippen molar-refractivity contribution in [2.24, 2.45) is 0 Å². The number of esters is 1. The molecule has 0 aromatic heterocycles. The van der Waals surface area contributed by atoms with Gasteiger partial charge in [0.15, 0.2) is 0 Å². The first-order valence-corrected chi connectivity index (χ1v) is 7.74. The van der Waals surface area contributed by atoms with Gasteiger partial charge in [0.1, 0.15) is 0 Å². The lowest BCUT2D eigenvalue weighted by molar-refractivity contribution is -0.125. The largest absolute Gasteiger partial charge is 0.465 e. The van der Waals surface area contributed by atoms with Crippen LogP contribution in [0.25, 0.3) is 6.08 Å². The summed E-state index contributed by atoms with van der Waals surface area (Å²) in [5.74, 6) is -0.520. The van der Waals surface area contributed by atoms with Crippen LogP contribution in [0.5, 0.6) is 0 Å². The number of rotatable bonds is 5. The number of halogens is 1. The lowest BCUT2D eigenvalue weighted by Crippen LogP contribution is -2.24. The predicted octanol–water partition coefficient (Wildman–Crippen LogP) is 3.80. The van der Waals surface area contributed by atoms with Crippen LogP contribution in [0.1, 0.15) is 21.5 Å². The van der Waals surface area contributed by atoms with Crippen molar-refractivity contribution >= 4 is 29.6 Å². The maximum atomic E-state index is 12.2. The molecule has 0 unspecified atom stereocenters. The average Bonchev–Trinajstić information content (AvgIpc) is 2.61. The molecule has 1 amide bonds. The van der Waals surface area contributed by atoms with Crippen molar-refractivity contribution in [1.29, 1.82) is 0 Å². The third-order valence-electron chi connectivity index (χ3n) is 3.49. The minimum absolute atomic E-state index is 0.132. The van der Waals surface area contributed by atoms with Crippen LogP contribution in [0.15, 0.2) is 54.6 Å². The maximum Gasteiger partial charge on any atom is 0.337 e. The van der Waals surface area contributed by atoms with E-state index in [0.717, 1.165) is 11.1 Å². The highest BCUT2D eigenvalue weighted by Gasteiger charge is 2.08. The zero-order valence-electron chi connectivity index (χ0n) is 13.5. The molecule has 0 atom stereocenters. The maximum absolute atomic E-state index is 12.2. The van der Waals surface area contributed by atoms with Gasteiger partial charge in [-0.2, -0.15) is 0 Å². The molecule has 0 fully saturated rings. The van der Waals surface area contributed by atoms with Gasteiger partial charge < -0.3 is 9.64 Å². The highest BCUT2D eigenvalue weighted by atomic mass is 35.5. The molecule has 0 saturated heterocycles. The van der Waals surface area contributed by atoms with Crippen molar-refractivity contribution in [3.63, 3.8) is 0 Å². The number of benzene rings is 2. The minimum atomic E-state index is -0.388. The average molecular weight is 344 g/mol. The second kappa shape index (κ2) is 8.31. The van der Waals surface area contributed by atoms with Gasteiger partial charge in [-0.15, -0.1) is 0 Å². The molecule has 2 aromatic rings. The Morgan fingerprint density at radius 3 is 2.42 bits per heavy atom. The molecule has 4 nitrogen and oxygen atoms in total. The SMILES string of the molecule is COC(=O)c1ccc(/C=C/C(=O)N(C)Cc2ccccc2Cl)cc1. The normalized spacial score (nSPS) is 10.6. The molecule has 0 heterocycles. The summed E-state index contributed by atoms with van der Waals surface area (Å²) in [7, 11) is 3.06. The summed E-state index contributed by atoms with van der Waals surface area (Å²) in [6, 6.07) is 14.3. The number of amides is 1. The fourth-order valence-electron chi connectivity index (χ4n) is 2.10. The molecule has 0 aliphatic heterocycles. The van der Waals surface area contributed by atoms with Gasteiger partial charge in [-0.3, -0.25) is 4.79 Å². The number of methoxy groups -OCH3 is 1. The number of nitrogens with zero attached hydrogens (tertiary/aromatic N) is 1. The number of carbonyl (C=O) groups is 2. The van der Waals surface area contributed by atoms with E-state index in [2.05, 4.69) is 4.74 Å². The van der Waals surface area contributed by atoms with E-state index < -0.39 is 0 Å². The lowest BCUT2D eigenvalue weighted by atomic mass is 10.1. The van der Waals surface area contributed by atoms with Crippen molar-refractivity contribution in [2.45, 2.75) is 6.54 Å². The van der Waals surface area contributed by atoms with Crippen LogP contribution in [-0.4, -0.2) is 30.9 Å². The van der Waals surface area contributed by atoms with Crippen LogP contribution in [0.2, 0.25) is 5.02 Å². The van der Waals surface area contributed by atoms with Crippen molar-refractivity contribution in [1.82, 2.24) is 4.90 Å². The monoisotopic (exact) mass is 343 g/mol. The number of hydrogen-bond donors (Lipinski definition) is 0. The Morgan fingerprint density at radius 1 is 1.12 bits per heavy atom. The smallest absolute Gasteiger partial charge is 0.337 e. The fraction of sp³-hybridized carbons (Fsp3) is 0.158. The summed E-state index contributed by atoms with van der Waals surface area (Å²) in [6.45, 7) is 0.435. The summed E-state index contributed by atoms with van der Waals surface area (Å²) in [5, 5.41) is 0.638. The molecule has 0 spiro atoms. The fourth-order valence-corrected chi connectivity index (χ4v) is 2.30. The molecule has 0 aliphatic rings. The number of ether oxygens (including phenoxy) is 1. The summed E-state index contributed by atoms with van der Waals surface area (Å²) < 4.78 is 4.64. The van der Waals surface area contributed by atoms with Crippen LogP contribution in [0.3, 0.4) is 0 Å². The molecule has 5 heteroatoms. The molecule has 2 aromatic carbocycles. The molecular weight excluding hydrogens is 326 g/mol. The third-order valence-corrected chi connectivity index (χ3v) is 3.86. The predicted molar refractivity (Wildman–Crippen MR) is 94.7 cm³/mol. The van der Waals surface area contributed by atoms with Gasteiger partial charge in [0.2, 0.25) is 5.91 Å². The highest BCUT2D eigenvalue weighted by molar-refractivity contribution is 6.31. The Hall–Kier alpha value is -2.59. The lowest BCUT2D eigenvalue weighted by Gasteiger charge is -2.16. The van der Waals surface area contributed by atoms with Gasteiger partial charge in [-0.1, -0.05) is 41.9 Å².